The highest BCUT2D eigenvalue weighted by molar-refractivity contribution is 5.82. The largest absolute Gasteiger partial charge is 0.403 e. The lowest BCUT2D eigenvalue weighted by Crippen LogP contribution is -2.04. The van der Waals surface area contributed by atoms with Crippen LogP contribution < -0.4 is 5.63 Å². The average molecular weight is 265 g/mol. The first kappa shape index (κ1) is 12.6. The van der Waals surface area contributed by atoms with Gasteiger partial charge in [0.1, 0.15) is 0 Å². The van der Waals surface area contributed by atoms with Crippen LogP contribution in [-0.2, 0) is 0 Å². The van der Waals surface area contributed by atoms with E-state index in [0.29, 0.717) is 16.8 Å². The van der Waals surface area contributed by atoms with Crippen molar-refractivity contribution >= 4 is 10.9 Å². The van der Waals surface area contributed by atoms with Crippen molar-refractivity contribution < 1.29 is 4.42 Å². The van der Waals surface area contributed by atoms with Gasteiger partial charge in [0, 0.05) is 5.56 Å². The lowest BCUT2D eigenvalue weighted by molar-refractivity contribution is 0.518. The number of nitrogens with zero attached hydrogens (tertiary/aromatic N) is 1. The predicted molar refractivity (Wildman–Crippen MR) is 79.9 cm³/mol. The normalized spacial score (nSPS) is 10.9. The van der Waals surface area contributed by atoms with Gasteiger partial charge in [-0.1, -0.05) is 23.8 Å². The molecule has 3 aromatic rings. The van der Waals surface area contributed by atoms with Gasteiger partial charge in [0.05, 0.1) is 10.9 Å². The molecule has 0 saturated carbocycles. The van der Waals surface area contributed by atoms with Gasteiger partial charge in [-0.05, 0) is 50.1 Å². The Kier molecular flexibility index (Phi) is 2.90. The van der Waals surface area contributed by atoms with Crippen molar-refractivity contribution in [3.63, 3.8) is 0 Å². The summed E-state index contributed by atoms with van der Waals surface area (Å²) >= 11 is 0. The van der Waals surface area contributed by atoms with Crippen LogP contribution in [0.25, 0.3) is 22.4 Å². The molecule has 20 heavy (non-hydrogen) atoms. The summed E-state index contributed by atoms with van der Waals surface area (Å²) in [4.78, 5) is 16.6. The Morgan fingerprint density at radius 3 is 2.35 bits per heavy atom. The number of hydrogen-bond acceptors (Lipinski definition) is 3. The molecule has 3 nitrogen and oxygen atoms in total. The first-order valence-electron chi connectivity index (χ1n) is 6.54. The Morgan fingerprint density at radius 2 is 1.65 bits per heavy atom. The highest BCUT2D eigenvalue weighted by Crippen LogP contribution is 2.21. The Balaban J connectivity index is 2.29. The van der Waals surface area contributed by atoms with Gasteiger partial charge < -0.3 is 4.42 Å². The Hall–Kier alpha value is -2.42. The van der Waals surface area contributed by atoms with Gasteiger partial charge in [-0.2, -0.15) is 0 Å². The molecule has 0 bridgehead atoms. The van der Waals surface area contributed by atoms with Crippen molar-refractivity contribution in [1.29, 1.82) is 0 Å². The highest BCUT2D eigenvalue weighted by Gasteiger charge is 2.10. The Morgan fingerprint density at radius 1 is 0.950 bits per heavy atom. The van der Waals surface area contributed by atoms with Gasteiger partial charge in [0.25, 0.3) is 0 Å². The van der Waals surface area contributed by atoms with Crippen LogP contribution in [0.5, 0.6) is 0 Å². The minimum atomic E-state index is -0.336. The summed E-state index contributed by atoms with van der Waals surface area (Å²) in [6, 6.07) is 11.6. The van der Waals surface area contributed by atoms with Gasteiger partial charge >= 0.3 is 5.63 Å². The number of aromatic nitrogens is 1. The van der Waals surface area contributed by atoms with E-state index in [0.717, 1.165) is 22.3 Å². The molecule has 0 aliphatic heterocycles. The van der Waals surface area contributed by atoms with E-state index >= 15 is 0 Å². The summed E-state index contributed by atoms with van der Waals surface area (Å²) in [7, 11) is 0. The number of aryl methyl sites for hydroxylation is 3. The third-order valence-electron chi connectivity index (χ3n) is 3.37. The van der Waals surface area contributed by atoms with Crippen LogP contribution in [0.4, 0.5) is 0 Å². The molecule has 100 valence electrons. The van der Waals surface area contributed by atoms with Crippen LogP contribution in [0.1, 0.15) is 16.7 Å². The zero-order chi connectivity index (χ0) is 14.3. The second-order valence-electron chi connectivity index (χ2n) is 5.15. The first-order valence-corrected chi connectivity index (χ1v) is 6.54. The van der Waals surface area contributed by atoms with Crippen molar-refractivity contribution in [1.82, 2.24) is 4.98 Å². The molecule has 0 radical (unpaired) electrons. The molecule has 0 N–H and O–H groups in total. The molecule has 0 atom stereocenters. The van der Waals surface area contributed by atoms with Crippen LogP contribution in [0.15, 0.2) is 45.6 Å². The molecule has 2 aromatic carbocycles. The van der Waals surface area contributed by atoms with E-state index in [1.807, 2.05) is 57.2 Å². The van der Waals surface area contributed by atoms with Crippen LogP contribution in [-0.4, -0.2) is 4.98 Å². The highest BCUT2D eigenvalue weighted by atomic mass is 16.4. The zero-order valence-electron chi connectivity index (χ0n) is 11.7. The molecule has 3 rings (SSSR count). The molecule has 0 spiro atoms. The lowest BCUT2D eigenvalue weighted by Gasteiger charge is -2.05. The summed E-state index contributed by atoms with van der Waals surface area (Å²) in [6.45, 7) is 5.93. The van der Waals surface area contributed by atoms with E-state index in [4.69, 9.17) is 4.42 Å². The van der Waals surface area contributed by atoms with Gasteiger partial charge in [0.2, 0.25) is 5.89 Å². The van der Waals surface area contributed by atoms with E-state index < -0.39 is 0 Å². The average Bonchev–Trinajstić information content (AvgIpc) is 2.40. The van der Waals surface area contributed by atoms with Crippen molar-refractivity contribution in [3.8, 4) is 11.5 Å². The third-order valence-corrected chi connectivity index (χ3v) is 3.37. The number of rotatable bonds is 1. The summed E-state index contributed by atoms with van der Waals surface area (Å²) in [5.41, 5.74) is 4.37. The minimum Gasteiger partial charge on any atom is -0.403 e. The number of hydrogen-bond donors (Lipinski definition) is 0. The number of benzene rings is 2. The molecule has 0 amide bonds. The van der Waals surface area contributed by atoms with E-state index in [1.165, 1.54) is 0 Å². The van der Waals surface area contributed by atoms with Crippen LogP contribution in [0, 0.1) is 20.8 Å². The van der Waals surface area contributed by atoms with E-state index in [1.54, 1.807) is 0 Å². The minimum absolute atomic E-state index is 0.336. The predicted octanol–water partition coefficient (Wildman–Crippen LogP) is 3.78. The van der Waals surface area contributed by atoms with Crippen LogP contribution in [0.2, 0.25) is 0 Å². The van der Waals surface area contributed by atoms with Crippen molar-refractivity contribution in [3.05, 3.63) is 63.5 Å². The standard InChI is InChI=1S/C17H15NO2/c1-10-4-6-13(7-5-10)16-18-15-12(3)8-11(2)9-14(15)17(19)20-16/h4-9H,1-3H3. The fourth-order valence-electron chi connectivity index (χ4n) is 2.35. The van der Waals surface area contributed by atoms with Crippen LogP contribution >= 0.6 is 0 Å². The Bertz CT molecular complexity index is 845. The maximum absolute atomic E-state index is 12.1. The van der Waals surface area contributed by atoms with E-state index in [-0.39, 0.29) is 5.63 Å². The van der Waals surface area contributed by atoms with Gasteiger partial charge in [-0.3, -0.25) is 0 Å². The quantitative estimate of drug-likeness (QED) is 0.672. The molecular weight excluding hydrogens is 250 g/mol. The summed E-state index contributed by atoms with van der Waals surface area (Å²) in [5.74, 6) is 0.370. The maximum Gasteiger partial charge on any atom is 0.347 e. The fraction of sp³-hybridized carbons (Fsp3) is 0.176. The molecule has 0 aliphatic rings. The van der Waals surface area contributed by atoms with Gasteiger partial charge in [0.15, 0.2) is 0 Å². The molecule has 0 fully saturated rings. The molecule has 0 unspecified atom stereocenters. The lowest BCUT2D eigenvalue weighted by atomic mass is 10.1. The summed E-state index contributed by atoms with van der Waals surface area (Å²) in [5, 5.41) is 0.540. The molecule has 1 aromatic heterocycles. The smallest absolute Gasteiger partial charge is 0.347 e. The maximum atomic E-state index is 12.1. The monoisotopic (exact) mass is 265 g/mol. The molecule has 0 aliphatic carbocycles. The SMILES string of the molecule is Cc1ccc(-c2nc3c(C)cc(C)cc3c(=O)o2)cc1. The third kappa shape index (κ3) is 2.11. The van der Waals surface area contributed by atoms with Crippen LogP contribution in [0.3, 0.4) is 0 Å². The first-order chi connectivity index (χ1) is 9.54. The molecular formula is C17H15NO2. The Labute approximate surface area is 116 Å². The second-order valence-corrected chi connectivity index (χ2v) is 5.15. The molecule has 0 saturated heterocycles. The van der Waals surface area contributed by atoms with Crippen molar-refractivity contribution in [2.45, 2.75) is 20.8 Å². The molecule has 1 heterocycles. The van der Waals surface area contributed by atoms with E-state index in [9.17, 15) is 4.79 Å². The fourth-order valence-corrected chi connectivity index (χ4v) is 2.35. The topological polar surface area (TPSA) is 43.1 Å². The van der Waals surface area contributed by atoms with Gasteiger partial charge in [-0.25, -0.2) is 9.78 Å². The van der Waals surface area contributed by atoms with Crippen molar-refractivity contribution in [2.75, 3.05) is 0 Å². The number of fused-ring (bicyclic) bond motifs is 1. The van der Waals surface area contributed by atoms with Crippen molar-refractivity contribution in [2.24, 2.45) is 0 Å². The zero-order valence-corrected chi connectivity index (χ0v) is 11.7. The van der Waals surface area contributed by atoms with E-state index in [2.05, 4.69) is 4.98 Å². The van der Waals surface area contributed by atoms with Gasteiger partial charge in [-0.15, -0.1) is 0 Å². The molecule has 3 heteroatoms. The summed E-state index contributed by atoms with van der Waals surface area (Å²) < 4.78 is 5.36. The second kappa shape index (κ2) is 4.60. The summed E-state index contributed by atoms with van der Waals surface area (Å²) in [6.07, 6.45) is 0.